The van der Waals surface area contributed by atoms with Gasteiger partial charge in [0.2, 0.25) is 0 Å². The first kappa shape index (κ1) is 18.4. The van der Waals surface area contributed by atoms with Crippen molar-refractivity contribution in [2.45, 2.75) is 32.2 Å². The van der Waals surface area contributed by atoms with Gasteiger partial charge < -0.3 is 20.1 Å². The molecule has 1 aliphatic rings. The van der Waals surface area contributed by atoms with Crippen LogP contribution in [-0.2, 0) is 24.4 Å². The van der Waals surface area contributed by atoms with Gasteiger partial charge in [0.1, 0.15) is 11.9 Å². The van der Waals surface area contributed by atoms with E-state index in [0.29, 0.717) is 24.5 Å². The summed E-state index contributed by atoms with van der Waals surface area (Å²) in [5.41, 5.74) is 2.39. The fourth-order valence-corrected chi connectivity index (χ4v) is 3.10. The molecule has 8 nitrogen and oxygen atoms in total. The van der Waals surface area contributed by atoms with E-state index in [1.807, 2.05) is 28.9 Å². The normalized spacial score (nSPS) is 15.9. The van der Waals surface area contributed by atoms with E-state index in [2.05, 4.69) is 10.00 Å². The first-order valence-corrected chi connectivity index (χ1v) is 8.57. The number of aryl methyl sites for hydroxylation is 1. The van der Waals surface area contributed by atoms with Crippen molar-refractivity contribution in [3.63, 3.8) is 0 Å². The number of aromatic nitrogens is 2. The first-order chi connectivity index (χ1) is 12.6. The van der Waals surface area contributed by atoms with Crippen LogP contribution in [0.5, 0.6) is 5.75 Å². The highest BCUT2D eigenvalue weighted by molar-refractivity contribution is 5.68. The summed E-state index contributed by atoms with van der Waals surface area (Å²) in [6, 6.07) is 9.25. The van der Waals surface area contributed by atoms with Gasteiger partial charge in [0, 0.05) is 31.7 Å². The minimum absolute atomic E-state index is 0.353. The summed E-state index contributed by atoms with van der Waals surface area (Å²) >= 11 is 0. The summed E-state index contributed by atoms with van der Waals surface area (Å²) < 4.78 is 7.26. The van der Waals surface area contributed by atoms with Crippen LogP contribution in [0.15, 0.2) is 30.3 Å². The molecule has 0 fully saturated rings. The molecule has 1 aliphatic heterocycles. The zero-order valence-electron chi connectivity index (χ0n) is 14.4. The molecule has 0 radical (unpaired) electrons. The number of carboxylic acid groups (broad SMARTS) is 1. The number of aliphatic carboxylic acids is 1. The van der Waals surface area contributed by atoms with Gasteiger partial charge in [-0.25, -0.2) is 4.79 Å². The number of carbonyl (C=O) groups is 1. The van der Waals surface area contributed by atoms with Crippen molar-refractivity contribution in [2.24, 2.45) is 0 Å². The zero-order valence-corrected chi connectivity index (χ0v) is 14.4. The summed E-state index contributed by atoms with van der Waals surface area (Å²) in [5, 5.41) is 32.1. The van der Waals surface area contributed by atoms with Crippen molar-refractivity contribution in [1.29, 1.82) is 0 Å². The predicted molar refractivity (Wildman–Crippen MR) is 92.6 cm³/mol. The number of nitrogens with zero attached hydrogens (tertiary/aromatic N) is 3. The number of benzene rings is 1. The number of fused-ring (bicyclic) bond motifs is 1. The Balaban J connectivity index is 1.73. The maximum atomic E-state index is 10.8. The largest absolute Gasteiger partial charge is 0.482 e. The summed E-state index contributed by atoms with van der Waals surface area (Å²) in [4.78, 5) is 13.0. The quantitative estimate of drug-likeness (QED) is 0.669. The zero-order chi connectivity index (χ0) is 18.5. The lowest BCUT2D eigenvalue weighted by Gasteiger charge is -2.21. The first-order valence-electron chi connectivity index (χ1n) is 8.57. The molecule has 0 saturated carbocycles. The highest BCUT2D eigenvalue weighted by Crippen LogP contribution is 2.23. The SMILES string of the molecule is O=C(O)COc1ccccc1CN1CCCn2nc([C@@H](O)CO)cc2C1. The summed E-state index contributed by atoms with van der Waals surface area (Å²) in [5.74, 6) is -0.433. The summed E-state index contributed by atoms with van der Waals surface area (Å²) in [6.45, 7) is 2.17. The van der Waals surface area contributed by atoms with E-state index in [1.54, 1.807) is 6.07 Å². The highest BCUT2D eigenvalue weighted by atomic mass is 16.5. The minimum atomic E-state index is -1.01. The van der Waals surface area contributed by atoms with Crippen LogP contribution in [0.1, 0.15) is 29.5 Å². The maximum Gasteiger partial charge on any atom is 0.341 e. The highest BCUT2D eigenvalue weighted by Gasteiger charge is 2.20. The molecule has 0 amide bonds. The van der Waals surface area contributed by atoms with Gasteiger partial charge in [-0.3, -0.25) is 9.58 Å². The molecule has 0 unspecified atom stereocenters. The van der Waals surface area contributed by atoms with Crippen molar-refractivity contribution in [3.05, 3.63) is 47.3 Å². The minimum Gasteiger partial charge on any atom is -0.482 e. The Morgan fingerprint density at radius 2 is 2.12 bits per heavy atom. The standard InChI is InChI=1S/C18H23N3O5/c22-11-16(23)15-8-14-10-20(6-3-7-21(14)19-15)9-13-4-1-2-5-17(13)26-12-18(24)25/h1-2,4-5,8,16,22-23H,3,6-7,9-12H2,(H,24,25)/t16-/m0/s1. The van der Waals surface area contributed by atoms with Gasteiger partial charge >= 0.3 is 5.97 Å². The monoisotopic (exact) mass is 361 g/mol. The molecule has 26 heavy (non-hydrogen) atoms. The van der Waals surface area contributed by atoms with Crippen LogP contribution in [0.25, 0.3) is 0 Å². The lowest BCUT2D eigenvalue weighted by molar-refractivity contribution is -0.139. The molecule has 1 atom stereocenters. The number of aliphatic hydroxyl groups excluding tert-OH is 2. The molecule has 0 aliphatic carbocycles. The lowest BCUT2D eigenvalue weighted by Crippen LogP contribution is -2.23. The van der Waals surface area contributed by atoms with Gasteiger partial charge in [0.25, 0.3) is 0 Å². The molecule has 2 aromatic rings. The molecule has 140 valence electrons. The molecule has 1 aromatic carbocycles. The summed E-state index contributed by atoms with van der Waals surface area (Å²) in [7, 11) is 0. The Bertz CT molecular complexity index is 761. The number of aliphatic hydroxyl groups is 2. The Morgan fingerprint density at radius 1 is 1.31 bits per heavy atom. The molecule has 1 aromatic heterocycles. The van der Waals surface area contributed by atoms with Crippen LogP contribution in [0.2, 0.25) is 0 Å². The Hall–Kier alpha value is -2.42. The maximum absolute atomic E-state index is 10.8. The Morgan fingerprint density at radius 3 is 2.88 bits per heavy atom. The Labute approximate surface area is 151 Å². The number of hydrogen-bond acceptors (Lipinski definition) is 6. The molecule has 0 saturated heterocycles. The van der Waals surface area contributed by atoms with E-state index in [-0.39, 0.29) is 13.2 Å². The van der Waals surface area contributed by atoms with Gasteiger partial charge in [-0.1, -0.05) is 18.2 Å². The van der Waals surface area contributed by atoms with Crippen LogP contribution in [-0.4, -0.2) is 55.7 Å². The number of carboxylic acids is 1. The van der Waals surface area contributed by atoms with Crippen molar-refractivity contribution in [3.8, 4) is 5.75 Å². The molecule has 3 N–H and O–H groups in total. The third-order valence-electron chi connectivity index (χ3n) is 4.34. The molecule has 3 rings (SSSR count). The lowest BCUT2D eigenvalue weighted by atomic mass is 10.1. The van der Waals surface area contributed by atoms with E-state index in [1.165, 1.54) is 0 Å². The van der Waals surface area contributed by atoms with E-state index in [0.717, 1.165) is 30.8 Å². The molecule has 8 heteroatoms. The van der Waals surface area contributed by atoms with Crippen LogP contribution in [0, 0.1) is 0 Å². The van der Waals surface area contributed by atoms with E-state index in [4.69, 9.17) is 14.9 Å². The van der Waals surface area contributed by atoms with E-state index in [9.17, 15) is 9.90 Å². The van der Waals surface area contributed by atoms with Crippen LogP contribution < -0.4 is 4.74 Å². The average Bonchev–Trinajstić information content (AvgIpc) is 2.93. The van der Waals surface area contributed by atoms with Gasteiger partial charge in [0.05, 0.1) is 18.0 Å². The second-order valence-electron chi connectivity index (χ2n) is 6.34. The number of hydrogen-bond donors (Lipinski definition) is 3. The molecule has 0 spiro atoms. The second kappa shape index (κ2) is 8.31. The smallest absolute Gasteiger partial charge is 0.341 e. The second-order valence-corrected chi connectivity index (χ2v) is 6.34. The van der Waals surface area contributed by atoms with Gasteiger partial charge in [-0.15, -0.1) is 0 Å². The van der Waals surface area contributed by atoms with Crippen LogP contribution in [0.3, 0.4) is 0 Å². The number of para-hydroxylation sites is 1. The van der Waals surface area contributed by atoms with Crippen molar-refractivity contribution in [1.82, 2.24) is 14.7 Å². The Kier molecular flexibility index (Phi) is 5.87. The fraction of sp³-hybridized carbons (Fsp3) is 0.444. The van der Waals surface area contributed by atoms with Gasteiger partial charge in [-0.2, -0.15) is 5.10 Å². The van der Waals surface area contributed by atoms with E-state index >= 15 is 0 Å². The van der Waals surface area contributed by atoms with E-state index < -0.39 is 12.1 Å². The topological polar surface area (TPSA) is 108 Å². The third kappa shape index (κ3) is 4.40. The average molecular weight is 361 g/mol. The van der Waals surface area contributed by atoms with Crippen LogP contribution in [0.4, 0.5) is 0 Å². The molecular formula is C18H23N3O5. The van der Waals surface area contributed by atoms with Crippen LogP contribution >= 0.6 is 0 Å². The third-order valence-corrected chi connectivity index (χ3v) is 4.34. The summed E-state index contributed by atoms with van der Waals surface area (Å²) in [6.07, 6.45) is -0.0605. The molecule has 0 bridgehead atoms. The van der Waals surface area contributed by atoms with Gasteiger partial charge in [-0.05, 0) is 18.6 Å². The molecular weight excluding hydrogens is 338 g/mol. The fourth-order valence-electron chi connectivity index (χ4n) is 3.10. The van der Waals surface area contributed by atoms with Gasteiger partial charge in [0.15, 0.2) is 6.61 Å². The number of ether oxygens (including phenoxy) is 1. The molecule has 2 heterocycles. The number of rotatable bonds is 7. The van der Waals surface area contributed by atoms with Crippen molar-refractivity contribution >= 4 is 5.97 Å². The predicted octanol–water partition coefficient (Wildman–Crippen LogP) is 0.778. The van der Waals surface area contributed by atoms with Crippen molar-refractivity contribution in [2.75, 3.05) is 19.8 Å². The van der Waals surface area contributed by atoms with Crippen molar-refractivity contribution < 1.29 is 24.9 Å².